The van der Waals surface area contributed by atoms with Gasteiger partial charge in [0.25, 0.3) is 0 Å². The number of aromatic nitrogens is 2. The Labute approximate surface area is 110 Å². The second kappa shape index (κ2) is 5.01. The minimum Gasteiger partial charge on any atom is -0.461 e. The van der Waals surface area contributed by atoms with Crippen LogP contribution in [0.5, 0.6) is 0 Å². The van der Waals surface area contributed by atoms with Crippen molar-refractivity contribution in [3.63, 3.8) is 0 Å². The number of alkyl halides is 2. The Morgan fingerprint density at radius 3 is 2.89 bits per heavy atom. The number of ether oxygens (including phenoxy) is 1. The molecule has 0 bridgehead atoms. The normalized spacial score (nSPS) is 11.2. The third kappa shape index (κ3) is 2.22. The summed E-state index contributed by atoms with van der Waals surface area (Å²) in [5.41, 5.74) is 0.0853. The lowest BCUT2D eigenvalue weighted by Crippen LogP contribution is -2.07. The maximum Gasteiger partial charge on any atom is 0.359 e. The van der Waals surface area contributed by atoms with E-state index in [2.05, 4.69) is 21.0 Å². The molecule has 0 aliphatic rings. The number of hydrogen-bond donors (Lipinski definition) is 0. The third-order valence-electron chi connectivity index (χ3n) is 2.32. The van der Waals surface area contributed by atoms with Crippen molar-refractivity contribution in [1.29, 1.82) is 0 Å². The van der Waals surface area contributed by atoms with Gasteiger partial charge in [0, 0.05) is 9.86 Å². The first kappa shape index (κ1) is 12.9. The lowest BCUT2D eigenvalue weighted by molar-refractivity contribution is 0.0492. The van der Waals surface area contributed by atoms with E-state index < -0.39 is 12.5 Å². The van der Waals surface area contributed by atoms with Crippen molar-refractivity contribution in [2.75, 3.05) is 6.61 Å². The van der Waals surface area contributed by atoms with Crippen molar-refractivity contribution < 1.29 is 18.3 Å². The van der Waals surface area contributed by atoms with Gasteiger partial charge in [0.1, 0.15) is 0 Å². The summed E-state index contributed by atoms with van der Waals surface area (Å²) in [5, 5.41) is 3.96. The standard InChI is InChI=1S/C11H9BrF2N2O2/c1-2-18-10(17)9-7-4-3-6(12)5-8(7)16(15-9)11(13)14/h3-5,11H,2H2,1H3. The van der Waals surface area contributed by atoms with Crippen LogP contribution in [-0.2, 0) is 4.74 Å². The van der Waals surface area contributed by atoms with Crippen LogP contribution in [-0.4, -0.2) is 22.4 Å². The summed E-state index contributed by atoms with van der Waals surface area (Å²) in [6.07, 6.45) is 0. The quantitative estimate of drug-likeness (QED) is 0.815. The van der Waals surface area contributed by atoms with E-state index in [1.165, 1.54) is 6.07 Å². The molecule has 0 radical (unpaired) electrons. The fourth-order valence-corrected chi connectivity index (χ4v) is 1.96. The van der Waals surface area contributed by atoms with Gasteiger partial charge in [-0.3, -0.25) is 0 Å². The molecule has 0 aliphatic heterocycles. The zero-order valence-corrected chi connectivity index (χ0v) is 10.9. The molecule has 0 saturated carbocycles. The summed E-state index contributed by atoms with van der Waals surface area (Å²) < 4.78 is 31.6. The minimum absolute atomic E-state index is 0.0975. The third-order valence-corrected chi connectivity index (χ3v) is 2.82. The fourth-order valence-electron chi connectivity index (χ4n) is 1.61. The predicted octanol–water partition coefficient (Wildman–Crippen LogP) is 3.37. The van der Waals surface area contributed by atoms with Gasteiger partial charge in [0.2, 0.25) is 0 Å². The number of rotatable bonds is 3. The van der Waals surface area contributed by atoms with E-state index in [1.807, 2.05) is 0 Å². The maximum atomic E-state index is 12.8. The molecule has 0 amide bonds. The SMILES string of the molecule is CCOC(=O)c1nn(C(F)F)c2cc(Br)ccc12. The van der Waals surface area contributed by atoms with Gasteiger partial charge < -0.3 is 4.74 Å². The van der Waals surface area contributed by atoms with Crippen molar-refractivity contribution in [2.45, 2.75) is 13.5 Å². The van der Waals surface area contributed by atoms with Gasteiger partial charge in [-0.15, -0.1) is 0 Å². The summed E-state index contributed by atoms with van der Waals surface area (Å²) in [6, 6.07) is 4.69. The number of esters is 1. The van der Waals surface area contributed by atoms with Crippen molar-refractivity contribution in [2.24, 2.45) is 0 Å². The molecule has 0 N–H and O–H groups in total. The molecule has 0 aliphatic carbocycles. The summed E-state index contributed by atoms with van der Waals surface area (Å²) in [4.78, 5) is 11.6. The zero-order valence-electron chi connectivity index (χ0n) is 9.36. The second-order valence-electron chi connectivity index (χ2n) is 3.45. The number of carbonyl (C=O) groups is 1. The molecular weight excluding hydrogens is 310 g/mol. The number of hydrogen-bond acceptors (Lipinski definition) is 3. The first-order valence-corrected chi connectivity index (χ1v) is 5.97. The Morgan fingerprint density at radius 1 is 1.56 bits per heavy atom. The van der Waals surface area contributed by atoms with Gasteiger partial charge in [-0.1, -0.05) is 15.9 Å². The highest BCUT2D eigenvalue weighted by molar-refractivity contribution is 9.10. The highest BCUT2D eigenvalue weighted by Gasteiger charge is 2.21. The molecule has 1 heterocycles. The number of fused-ring (bicyclic) bond motifs is 1. The van der Waals surface area contributed by atoms with E-state index in [1.54, 1.807) is 19.1 Å². The highest BCUT2D eigenvalue weighted by atomic mass is 79.9. The largest absolute Gasteiger partial charge is 0.461 e. The van der Waals surface area contributed by atoms with E-state index >= 15 is 0 Å². The fraction of sp³-hybridized carbons (Fsp3) is 0.273. The molecule has 2 aromatic rings. The number of benzene rings is 1. The number of carbonyl (C=O) groups excluding carboxylic acids is 1. The van der Waals surface area contributed by atoms with Crippen LogP contribution in [0.3, 0.4) is 0 Å². The average Bonchev–Trinajstić information content (AvgIpc) is 2.68. The molecule has 18 heavy (non-hydrogen) atoms. The zero-order chi connectivity index (χ0) is 13.3. The first-order valence-electron chi connectivity index (χ1n) is 5.17. The lowest BCUT2D eigenvalue weighted by Gasteiger charge is -2.00. The Hall–Kier alpha value is -1.50. The van der Waals surface area contributed by atoms with Crippen molar-refractivity contribution in [3.8, 4) is 0 Å². The van der Waals surface area contributed by atoms with Gasteiger partial charge >= 0.3 is 12.5 Å². The molecule has 96 valence electrons. The highest BCUT2D eigenvalue weighted by Crippen LogP contribution is 2.26. The molecule has 0 spiro atoms. The Balaban J connectivity index is 2.64. The Bertz CT molecular complexity index is 598. The van der Waals surface area contributed by atoms with Crippen LogP contribution < -0.4 is 0 Å². The van der Waals surface area contributed by atoms with Gasteiger partial charge in [-0.2, -0.15) is 13.9 Å². The van der Waals surface area contributed by atoms with Gasteiger partial charge in [0.05, 0.1) is 12.1 Å². The van der Waals surface area contributed by atoms with Crippen molar-refractivity contribution in [1.82, 2.24) is 9.78 Å². The number of nitrogens with zero attached hydrogens (tertiary/aromatic N) is 2. The van der Waals surface area contributed by atoms with Gasteiger partial charge in [-0.25, -0.2) is 9.48 Å². The van der Waals surface area contributed by atoms with Crippen LogP contribution in [0.1, 0.15) is 24.0 Å². The molecule has 2 rings (SSSR count). The number of halogens is 3. The van der Waals surface area contributed by atoms with Crippen LogP contribution in [0, 0.1) is 0 Å². The van der Waals surface area contributed by atoms with Crippen molar-refractivity contribution in [3.05, 3.63) is 28.4 Å². The van der Waals surface area contributed by atoms with Gasteiger partial charge in [0.15, 0.2) is 5.69 Å². The average molecular weight is 319 g/mol. The summed E-state index contributed by atoms with van der Waals surface area (Å²) >= 11 is 3.19. The van der Waals surface area contributed by atoms with E-state index in [-0.39, 0.29) is 17.8 Å². The van der Waals surface area contributed by atoms with Crippen LogP contribution in [0.2, 0.25) is 0 Å². The molecule has 4 nitrogen and oxygen atoms in total. The topological polar surface area (TPSA) is 44.1 Å². The van der Waals surface area contributed by atoms with E-state index in [4.69, 9.17) is 4.74 Å². The molecule has 0 saturated heterocycles. The van der Waals surface area contributed by atoms with Crippen LogP contribution in [0.15, 0.2) is 22.7 Å². The van der Waals surface area contributed by atoms with E-state index in [9.17, 15) is 13.6 Å². The van der Waals surface area contributed by atoms with Crippen LogP contribution >= 0.6 is 15.9 Å². The van der Waals surface area contributed by atoms with E-state index in [0.29, 0.717) is 14.5 Å². The maximum absolute atomic E-state index is 12.8. The first-order chi connectivity index (χ1) is 8.54. The monoisotopic (exact) mass is 318 g/mol. The van der Waals surface area contributed by atoms with E-state index in [0.717, 1.165) is 0 Å². The van der Waals surface area contributed by atoms with Gasteiger partial charge in [-0.05, 0) is 25.1 Å². The summed E-state index contributed by atoms with van der Waals surface area (Å²) in [7, 11) is 0. The van der Waals surface area contributed by atoms with Crippen LogP contribution in [0.25, 0.3) is 10.9 Å². The Morgan fingerprint density at radius 2 is 2.28 bits per heavy atom. The molecule has 7 heteroatoms. The Kier molecular flexibility index (Phi) is 3.60. The second-order valence-corrected chi connectivity index (χ2v) is 4.37. The molecule has 1 aromatic heterocycles. The smallest absolute Gasteiger partial charge is 0.359 e. The predicted molar refractivity (Wildman–Crippen MR) is 64.6 cm³/mol. The summed E-state index contributed by atoms with van der Waals surface area (Å²) in [6.45, 7) is -1.01. The molecule has 0 unspecified atom stereocenters. The molecule has 1 aromatic carbocycles. The molecule has 0 atom stereocenters. The molecule has 0 fully saturated rings. The lowest BCUT2D eigenvalue weighted by atomic mass is 10.2. The minimum atomic E-state index is -2.81. The van der Waals surface area contributed by atoms with Crippen molar-refractivity contribution >= 4 is 32.8 Å². The van der Waals surface area contributed by atoms with Crippen LogP contribution in [0.4, 0.5) is 8.78 Å². The summed E-state index contributed by atoms with van der Waals surface area (Å²) in [5.74, 6) is -0.704. The molecular formula is C11H9BrF2N2O2.